The van der Waals surface area contributed by atoms with E-state index >= 15 is 0 Å². The van der Waals surface area contributed by atoms with Crippen LogP contribution in [0.4, 0.5) is 16.0 Å². The molecular weight excluding hydrogens is 436 g/mol. The molecule has 2 aromatic heterocycles. The number of hydrogen-bond donors (Lipinski definition) is 2. The quantitative estimate of drug-likeness (QED) is 0.601. The number of hydrogen-bond acceptors (Lipinski definition) is 11. The first-order valence-corrected chi connectivity index (χ1v) is 11.0. The third-order valence-corrected chi connectivity index (χ3v) is 6.52. The number of aromatic nitrogens is 2. The van der Waals surface area contributed by atoms with Gasteiger partial charge < -0.3 is 14.9 Å². The smallest absolute Gasteiger partial charge is 0.381 e. The summed E-state index contributed by atoms with van der Waals surface area (Å²) in [7, 11) is -2.40. The van der Waals surface area contributed by atoms with Crippen LogP contribution in [0.25, 0.3) is 0 Å². The molecule has 3 heterocycles. The molecule has 0 spiro atoms. The first kappa shape index (κ1) is 21.4. The van der Waals surface area contributed by atoms with Crippen molar-refractivity contribution in [2.75, 3.05) is 29.0 Å². The molecule has 0 saturated carbocycles. The number of allylic oxidation sites excluding steroid dienone is 1. The molecule has 0 bridgehead atoms. The molecule has 3 rings (SSSR count). The second-order valence-corrected chi connectivity index (χ2v) is 8.98. The molecule has 0 atom stereocenters. The van der Waals surface area contributed by atoms with Crippen molar-refractivity contribution < 1.29 is 22.4 Å². The zero-order valence-corrected chi connectivity index (χ0v) is 17.6. The molecule has 1 saturated heterocycles. The summed E-state index contributed by atoms with van der Waals surface area (Å²) in [5, 5.41) is 10.4. The fourth-order valence-electron chi connectivity index (χ4n) is 2.66. The molecule has 0 aromatic carbocycles. The van der Waals surface area contributed by atoms with Gasteiger partial charge in [-0.1, -0.05) is 11.3 Å². The molecular formula is C16H18N6O6S2. The van der Waals surface area contributed by atoms with Crippen LogP contribution in [0.15, 0.2) is 32.5 Å². The minimum absolute atomic E-state index is 0.0526. The van der Waals surface area contributed by atoms with Gasteiger partial charge in [-0.15, -0.1) is 10.2 Å². The fraction of sp³-hybridized carbons (Fsp3) is 0.312. The Balaban J connectivity index is 1.89. The Hall–Kier alpha value is -3.26. The zero-order chi connectivity index (χ0) is 21.9. The Morgan fingerprint density at radius 1 is 1.47 bits per heavy atom. The van der Waals surface area contributed by atoms with Crippen LogP contribution in [0.3, 0.4) is 0 Å². The van der Waals surface area contributed by atoms with Gasteiger partial charge in [-0.3, -0.25) is 14.4 Å². The van der Waals surface area contributed by atoms with Crippen molar-refractivity contribution >= 4 is 48.9 Å². The van der Waals surface area contributed by atoms with Crippen LogP contribution in [-0.2, 0) is 10.0 Å². The number of methoxy groups -OCH3 is 1. The van der Waals surface area contributed by atoms with Crippen molar-refractivity contribution in [3.8, 4) is 5.75 Å². The van der Waals surface area contributed by atoms with Gasteiger partial charge in [-0.05, 0) is 25.6 Å². The van der Waals surface area contributed by atoms with Gasteiger partial charge in [0.1, 0.15) is 5.69 Å². The number of carbonyl (C=O) groups is 1. The number of rotatable bonds is 6. The van der Waals surface area contributed by atoms with E-state index < -0.39 is 27.3 Å². The first-order chi connectivity index (χ1) is 14.2. The standard InChI is InChI=1S/C16H18N6O6S2/c1-9(4-5-17)18-15-20-21-16(29-15)19-13(23)11-8-10(12(27-2)14(24)28-11)22-6-3-7-30(22,25)26/h4-5,8H,3,6-7,17H2,1-2H3,(H,19,21,23). The van der Waals surface area contributed by atoms with Crippen molar-refractivity contribution in [1.29, 1.82) is 0 Å². The summed E-state index contributed by atoms with van der Waals surface area (Å²) in [4.78, 5) is 29.0. The lowest BCUT2D eigenvalue weighted by atomic mass is 10.3. The summed E-state index contributed by atoms with van der Waals surface area (Å²) in [5.41, 5.74) is 4.85. The Bertz CT molecular complexity index is 1180. The Labute approximate surface area is 175 Å². The van der Waals surface area contributed by atoms with Crippen molar-refractivity contribution in [1.82, 2.24) is 10.2 Å². The average Bonchev–Trinajstić information content (AvgIpc) is 3.26. The van der Waals surface area contributed by atoms with Crippen LogP contribution in [-0.4, -0.2) is 49.6 Å². The molecule has 3 N–H and O–H groups in total. The molecule has 1 fully saturated rings. The van der Waals surface area contributed by atoms with Crippen LogP contribution in [0.1, 0.15) is 23.9 Å². The monoisotopic (exact) mass is 454 g/mol. The highest BCUT2D eigenvalue weighted by atomic mass is 32.2. The number of nitrogens with one attached hydrogen (secondary N) is 1. The number of sulfonamides is 1. The van der Waals surface area contributed by atoms with Crippen molar-refractivity contribution in [2.45, 2.75) is 13.3 Å². The van der Waals surface area contributed by atoms with Gasteiger partial charge in [-0.2, -0.15) is 0 Å². The number of amides is 1. The lowest BCUT2D eigenvalue weighted by Gasteiger charge is -2.19. The highest BCUT2D eigenvalue weighted by molar-refractivity contribution is 7.93. The predicted octanol–water partition coefficient (Wildman–Crippen LogP) is 0.857. The number of ether oxygens (including phenoxy) is 1. The van der Waals surface area contributed by atoms with E-state index in [2.05, 4.69) is 20.5 Å². The molecule has 2 aromatic rings. The van der Waals surface area contributed by atoms with Gasteiger partial charge >= 0.3 is 5.63 Å². The van der Waals surface area contributed by atoms with Gasteiger partial charge in [-0.25, -0.2) is 18.2 Å². The van der Waals surface area contributed by atoms with Crippen molar-refractivity contribution in [2.24, 2.45) is 10.7 Å². The second kappa shape index (κ2) is 8.62. The highest BCUT2D eigenvalue weighted by Crippen LogP contribution is 2.32. The summed E-state index contributed by atoms with van der Waals surface area (Å²) in [6, 6.07) is 1.15. The maximum absolute atomic E-state index is 12.6. The Morgan fingerprint density at radius 2 is 2.23 bits per heavy atom. The van der Waals surface area contributed by atoms with Gasteiger partial charge in [0.25, 0.3) is 5.91 Å². The summed E-state index contributed by atoms with van der Waals surface area (Å²) in [6.07, 6.45) is 3.28. The average molecular weight is 454 g/mol. The van der Waals surface area contributed by atoms with Gasteiger partial charge in [0, 0.05) is 18.3 Å². The highest BCUT2D eigenvalue weighted by Gasteiger charge is 2.33. The van der Waals surface area contributed by atoms with Crippen molar-refractivity contribution in [3.63, 3.8) is 0 Å². The van der Waals surface area contributed by atoms with E-state index in [1.165, 1.54) is 13.3 Å². The van der Waals surface area contributed by atoms with E-state index in [4.69, 9.17) is 14.9 Å². The first-order valence-electron chi connectivity index (χ1n) is 8.56. The lowest BCUT2D eigenvalue weighted by molar-refractivity contribution is 0.0991. The van der Waals surface area contributed by atoms with Gasteiger partial charge in [0.05, 0.1) is 12.9 Å². The van der Waals surface area contributed by atoms with E-state index in [1.54, 1.807) is 13.0 Å². The second-order valence-electron chi connectivity index (χ2n) is 6.01. The predicted molar refractivity (Wildman–Crippen MR) is 111 cm³/mol. The molecule has 0 unspecified atom stereocenters. The van der Waals surface area contributed by atoms with Crippen LogP contribution in [0.5, 0.6) is 5.75 Å². The van der Waals surface area contributed by atoms with E-state index in [1.807, 2.05) is 0 Å². The molecule has 1 aliphatic rings. The maximum Gasteiger partial charge on any atom is 0.381 e. The van der Waals surface area contributed by atoms with Gasteiger partial charge in [0.2, 0.25) is 26.0 Å². The summed E-state index contributed by atoms with van der Waals surface area (Å²) >= 11 is 0.984. The number of aliphatic imine (C=N–C) groups is 1. The topological polar surface area (TPSA) is 170 Å². The maximum atomic E-state index is 12.6. The SMILES string of the molecule is COc1c(N2CCCS2(=O)=O)cc(C(=O)Nc2nnc(N=C(C)C=CN)s2)oc1=O. The van der Waals surface area contributed by atoms with Crippen LogP contribution in [0.2, 0.25) is 0 Å². The molecule has 14 heteroatoms. The molecule has 1 amide bonds. The Kier molecular flexibility index (Phi) is 6.17. The van der Waals surface area contributed by atoms with Gasteiger partial charge in [0.15, 0.2) is 5.76 Å². The largest absolute Gasteiger partial charge is 0.488 e. The van der Waals surface area contributed by atoms with E-state index in [-0.39, 0.29) is 34.0 Å². The van der Waals surface area contributed by atoms with Crippen molar-refractivity contribution in [3.05, 3.63) is 34.5 Å². The molecule has 160 valence electrons. The number of anilines is 2. The minimum atomic E-state index is -3.61. The van der Waals surface area contributed by atoms with E-state index in [9.17, 15) is 18.0 Å². The summed E-state index contributed by atoms with van der Waals surface area (Å²) in [5.74, 6) is -1.57. The molecule has 1 aliphatic heterocycles. The number of nitrogens with two attached hydrogens (primary N) is 1. The fourth-order valence-corrected chi connectivity index (χ4v) is 4.89. The summed E-state index contributed by atoms with van der Waals surface area (Å²) in [6.45, 7) is 1.88. The summed E-state index contributed by atoms with van der Waals surface area (Å²) < 4.78 is 35.5. The zero-order valence-electron chi connectivity index (χ0n) is 16.0. The minimum Gasteiger partial charge on any atom is -0.488 e. The normalized spacial score (nSPS) is 16.2. The molecule has 30 heavy (non-hydrogen) atoms. The van der Waals surface area contributed by atoms with Crippen LogP contribution < -0.4 is 25.7 Å². The Morgan fingerprint density at radius 3 is 2.87 bits per heavy atom. The number of nitrogens with zero attached hydrogens (tertiary/aromatic N) is 4. The van der Waals surface area contributed by atoms with E-state index in [0.717, 1.165) is 21.7 Å². The third-order valence-electron chi connectivity index (χ3n) is 3.93. The van der Waals surface area contributed by atoms with Crippen LogP contribution in [0, 0.1) is 0 Å². The molecule has 0 radical (unpaired) electrons. The van der Waals surface area contributed by atoms with Crippen LogP contribution >= 0.6 is 11.3 Å². The molecule has 0 aliphatic carbocycles. The lowest BCUT2D eigenvalue weighted by Crippen LogP contribution is -2.28. The van der Waals surface area contributed by atoms with E-state index in [0.29, 0.717) is 12.1 Å². The third kappa shape index (κ3) is 4.49. The number of carbonyl (C=O) groups excluding carboxylic acids is 1. The molecule has 12 nitrogen and oxygen atoms in total.